The van der Waals surface area contributed by atoms with E-state index in [1.54, 1.807) is 13.0 Å². The molecular formula is C21H29FN10O. The van der Waals surface area contributed by atoms with Crippen LogP contribution in [0.3, 0.4) is 0 Å². The zero-order chi connectivity index (χ0) is 24.0. The van der Waals surface area contributed by atoms with E-state index in [-0.39, 0.29) is 40.1 Å². The van der Waals surface area contributed by atoms with Crippen molar-refractivity contribution in [3.8, 4) is 5.69 Å². The van der Waals surface area contributed by atoms with Crippen LogP contribution >= 0.6 is 0 Å². The summed E-state index contributed by atoms with van der Waals surface area (Å²) in [6.45, 7) is 10.3. The number of aromatic nitrogens is 7. The lowest BCUT2D eigenvalue weighted by Crippen LogP contribution is -2.62. The summed E-state index contributed by atoms with van der Waals surface area (Å²) < 4.78 is 16.1. The molecule has 0 unspecified atom stereocenters. The third kappa shape index (κ3) is 4.85. The zero-order valence-electron chi connectivity index (χ0n) is 19.6. The van der Waals surface area contributed by atoms with Crippen molar-refractivity contribution in [2.45, 2.75) is 64.6 Å². The summed E-state index contributed by atoms with van der Waals surface area (Å²) in [5.41, 5.74) is 0.204. The highest BCUT2D eigenvalue weighted by Gasteiger charge is 2.40. The van der Waals surface area contributed by atoms with Gasteiger partial charge in [-0.1, -0.05) is 0 Å². The summed E-state index contributed by atoms with van der Waals surface area (Å²) in [5, 5.41) is 17.9. The molecule has 0 aliphatic carbocycles. The average Bonchev–Trinajstić information content (AvgIpc) is 3.13. The van der Waals surface area contributed by atoms with Gasteiger partial charge in [0.15, 0.2) is 17.5 Å². The first-order chi connectivity index (χ1) is 15.4. The average molecular weight is 457 g/mol. The predicted molar refractivity (Wildman–Crippen MR) is 123 cm³/mol. The number of aromatic amines is 1. The molecule has 1 aliphatic heterocycles. The van der Waals surface area contributed by atoms with Crippen molar-refractivity contribution in [2.75, 3.05) is 17.3 Å². The van der Waals surface area contributed by atoms with E-state index in [1.807, 2.05) is 11.9 Å². The summed E-state index contributed by atoms with van der Waals surface area (Å²) in [6, 6.07) is 1.67. The predicted octanol–water partition coefficient (Wildman–Crippen LogP) is 2.08. The molecule has 1 fully saturated rings. The lowest BCUT2D eigenvalue weighted by atomic mass is 9.79. The van der Waals surface area contributed by atoms with E-state index in [4.69, 9.17) is 0 Å². The Kier molecular flexibility index (Phi) is 5.64. The van der Waals surface area contributed by atoms with Crippen LogP contribution in [0.15, 0.2) is 23.3 Å². The second-order valence-electron chi connectivity index (χ2n) is 9.80. The molecule has 3 aromatic rings. The molecule has 3 aromatic heterocycles. The Morgan fingerprint density at radius 1 is 1.24 bits per heavy atom. The Labute approximate surface area is 190 Å². The topological polar surface area (TPSA) is 130 Å². The van der Waals surface area contributed by atoms with Gasteiger partial charge < -0.3 is 20.5 Å². The largest absolute Gasteiger partial charge is 0.354 e. The minimum atomic E-state index is -0.497. The van der Waals surface area contributed by atoms with Gasteiger partial charge in [0.2, 0.25) is 5.95 Å². The van der Waals surface area contributed by atoms with E-state index in [0.29, 0.717) is 11.5 Å². The van der Waals surface area contributed by atoms with Crippen molar-refractivity contribution in [3.63, 3.8) is 0 Å². The van der Waals surface area contributed by atoms with E-state index >= 15 is 0 Å². The third-order valence-electron chi connectivity index (χ3n) is 5.77. The molecule has 0 bridgehead atoms. The molecule has 1 aliphatic rings. The molecule has 3 N–H and O–H groups in total. The van der Waals surface area contributed by atoms with E-state index in [0.717, 1.165) is 19.0 Å². The fourth-order valence-corrected chi connectivity index (χ4v) is 4.67. The number of halogens is 1. The Balaban J connectivity index is 1.61. The smallest absolute Gasteiger partial charge is 0.274 e. The number of H-pyrrole nitrogens is 1. The molecule has 33 heavy (non-hydrogen) atoms. The lowest BCUT2D eigenvalue weighted by Gasteiger charge is -2.49. The van der Waals surface area contributed by atoms with Crippen molar-refractivity contribution in [1.82, 2.24) is 40.5 Å². The number of pyridine rings is 1. The van der Waals surface area contributed by atoms with Gasteiger partial charge in [-0.3, -0.25) is 4.79 Å². The minimum Gasteiger partial charge on any atom is -0.354 e. The van der Waals surface area contributed by atoms with Crippen LogP contribution in [-0.2, 0) is 0 Å². The molecule has 1 saturated heterocycles. The fraction of sp³-hybridized carbons (Fsp3) is 0.524. The lowest BCUT2D eigenvalue weighted by molar-refractivity contribution is 0.160. The SMILES string of the molecule is Cc1nnnn1-c1cc(Nc2ncc(F)c(N(C)C3CC(C)(C)NC(C)(C)C3)n2)c[nH]c1=O. The Hall–Kier alpha value is -3.41. The Morgan fingerprint density at radius 3 is 2.58 bits per heavy atom. The number of nitrogens with one attached hydrogen (secondary N) is 3. The second-order valence-corrected chi connectivity index (χ2v) is 9.80. The molecule has 176 valence electrons. The van der Waals surface area contributed by atoms with Crippen LogP contribution in [0.4, 0.5) is 21.8 Å². The molecule has 11 nitrogen and oxygen atoms in total. The molecule has 0 spiro atoms. The maximum Gasteiger partial charge on any atom is 0.274 e. The molecule has 0 amide bonds. The summed E-state index contributed by atoms with van der Waals surface area (Å²) >= 11 is 0. The zero-order valence-corrected chi connectivity index (χ0v) is 19.6. The molecule has 4 rings (SSSR count). The molecule has 12 heteroatoms. The van der Waals surface area contributed by atoms with Gasteiger partial charge in [-0.05, 0) is 64.0 Å². The Morgan fingerprint density at radius 2 is 1.94 bits per heavy atom. The van der Waals surface area contributed by atoms with Gasteiger partial charge in [0.1, 0.15) is 5.69 Å². The van der Waals surface area contributed by atoms with Crippen LogP contribution in [-0.4, -0.2) is 59.3 Å². The summed E-state index contributed by atoms with van der Waals surface area (Å²) in [7, 11) is 1.86. The molecule has 0 atom stereocenters. The number of tetrazole rings is 1. The van der Waals surface area contributed by atoms with Gasteiger partial charge in [-0.25, -0.2) is 9.37 Å². The maximum absolute atomic E-state index is 14.8. The Bertz CT molecular complexity index is 1200. The first-order valence-corrected chi connectivity index (χ1v) is 10.7. The standard InChI is InChI=1S/C21H29FN10O/c1-12-27-29-30-32(12)16-7-13(10-23-18(16)33)25-19-24-11-15(22)17(26-19)31(6)14-8-20(2,3)28-21(4,5)9-14/h7,10-11,14,28H,8-9H2,1-6H3,(H,23,33)(H,24,25,26). The highest BCUT2D eigenvalue weighted by molar-refractivity contribution is 5.57. The van der Waals surface area contributed by atoms with Gasteiger partial charge in [0.25, 0.3) is 5.56 Å². The van der Waals surface area contributed by atoms with Crippen LogP contribution in [0.25, 0.3) is 5.69 Å². The molecule has 4 heterocycles. The molecule has 0 radical (unpaired) electrons. The number of aryl methyl sites for hydroxylation is 1. The van der Waals surface area contributed by atoms with Gasteiger partial charge >= 0.3 is 0 Å². The van der Waals surface area contributed by atoms with Crippen LogP contribution in [0.1, 0.15) is 46.4 Å². The first-order valence-electron chi connectivity index (χ1n) is 10.7. The van der Waals surface area contributed by atoms with Crippen LogP contribution in [0.5, 0.6) is 0 Å². The van der Waals surface area contributed by atoms with E-state index in [1.165, 1.54) is 10.9 Å². The number of hydrogen-bond acceptors (Lipinski definition) is 9. The van der Waals surface area contributed by atoms with E-state index in [2.05, 4.69) is 68.8 Å². The number of piperidine rings is 1. The number of hydrogen-bond donors (Lipinski definition) is 3. The number of anilines is 3. The molecule has 0 aromatic carbocycles. The summed E-state index contributed by atoms with van der Waals surface area (Å²) in [4.78, 5) is 25.3. The maximum atomic E-state index is 14.8. The van der Waals surface area contributed by atoms with Crippen molar-refractivity contribution in [1.29, 1.82) is 0 Å². The molecular weight excluding hydrogens is 427 g/mol. The van der Waals surface area contributed by atoms with Gasteiger partial charge in [0.05, 0.1) is 11.9 Å². The quantitative estimate of drug-likeness (QED) is 0.528. The van der Waals surface area contributed by atoms with Crippen LogP contribution in [0, 0.1) is 12.7 Å². The minimum absolute atomic E-state index is 0.0913. The molecule has 0 saturated carbocycles. The van der Waals surface area contributed by atoms with E-state index in [9.17, 15) is 9.18 Å². The normalized spacial score (nSPS) is 17.7. The third-order valence-corrected chi connectivity index (χ3v) is 5.77. The highest BCUT2D eigenvalue weighted by atomic mass is 19.1. The van der Waals surface area contributed by atoms with E-state index < -0.39 is 5.82 Å². The van der Waals surface area contributed by atoms with Crippen LogP contribution < -0.4 is 21.1 Å². The van der Waals surface area contributed by atoms with Crippen molar-refractivity contribution < 1.29 is 4.39 Å². The monoisotopic (exact) mass is 456 g/mol. The highest BCUT2D eigenvalue weighted by Crippen LogP contribution is 2.33. The summed E-state index contributed by atoms with van der Waals surface area (Å²) in [6.07, 6.45) is 4.32. The van der Waals surface area contributed by atoms with Gasteiger partial charge in [-0.15, -0.1) is 5.10 Å². The summed E-state index contributed by atoms with van der Waals surface area (Å²) in [5.74, 6) is 0.389. The van der Waals surface area contributed by atoms with Crippen molar-refractivity contribution in [2.24, 2.45) is 0 Å². The second kappa shape index (κ2) is 8.18. The van der Waals surface area contributed by atoms with Crippen molar-refractivity contribution in [3.05, 3.63) is 40.5 Å². The fourth-order valence-electron chi connectivity index (χ4n) is 4.67. The van der Waals surface area contributed by atoms with Gasteiger partial charge in [-0.2, -0.15) is 9.67 Å². The number of nitrogens with zero attached hydrogens (tertiary/aromatic N) is 7. The van der Waals surface area contributed by atoms with Crippen LogP contribution in [0.2, 0.25) is 0 Å². The van der Waals surface area contributed by atoms with Gasteiger partial charge in [0, 0.05) is 30.4 Å². The number of rotatable bonds is 5. The first kappa shape index (κ1) is 22.8. The van der Waals surface area contributed by atoms with Crippen molar-refractivity contribution >= 4 is 17.5 Å².